The van der Waals surface area contributed by atoms with Crippen LogP contribution in [0, 0.1) is 5.82 Å². The zero-order chi connectivity index (χ0) is 12.5. The molecule has 0 spiro atoms. The molecule has 18 heavy (non-hydrogen) atoms. The zero-order valence-electron chi connectivity index (χ0n) is 9.74. The van der Waals surface area contributed by atoms with Crippen LogP contribution in [-0.4, -0.2) is 15.6 Å². The van der Waals surface area contributed by atoms with Gasteiger partial charge in [-0.05, 0) is 47.0 Å². The molecule has 1 aromatic carbocycles. The average Bonchev–Trinajstić information content (AvgIpc) is 3.08. The molecule has 0 aliphatic heterocycles. The van der Waals surface area contributed by atoms with E-state index >= 15 is 0 Å². The lowest BCUT2D eigenvalue weighted by Gasteiger charge is -2.03. The normalized spacial score (nSPS) is 15.0. The number of halogens is 2. The summed E-state index contributed by atoms with van der Waals surface area (Å²) in [5, 5.41) is 3.41. The topological polar surface area (TPSA) is 29.9 Å². The van der Waals surface area contributed by atoms with Crippen LogP contribution in [0.1, 0.15) is 18.5 Å². The number of rotatable bonds is 4. The number of hydrogen-bond acceptors (Lipinski definition) is 2. The summed E-state index contributed by atoms with van der Waals surface area (Å²) < 4.78 is 15.5. The number of nitrogens with zero attached hydrogens (tertiary/aromatic N) is 2. The number of aromatic nitrogens is 2. The van der Waals surface area contributed by atoms with Crippen LogP contribution in [-0.2, 0) is 6.54 Å². The maximum absolute atomic E-state index is 13.2. The van der Waals surface area contributed by atoms with Crippen molar-refractivity contribution in [3.63, 3.8) is 0 Å². The summed E-state index contributed by atoms with van der Waals surface area (Å²) in [4.78, 5) is 4.34. The molecular formula is C13H13BrFN3. The second kappa shape index (κ2) is 4.82. The molecule has 94 valence electrons. The van der Waals surface area contributed by atoms with E-state index in [1.165, 1.54) is 18.9 Å². The van der Waals surface area contributed by atoms with Crippen molar-refractivity contribution < 1.29 is 4.39 Å². The van der Waals surface area contributed by atoms with E-state index < -0.39 is 0 Å². The first-order valence-electron chi connectivity index (χ1n) is 5.94. The minimum Gasteiger partial charge on any atom is -0.308 e. The van der Waals surface area contributed by atoms with Gasteiger partial charge in [-0.25, -0.2) is 9.37 Å². The highest BCUT2D eigenvalue weighted by Gasteiger charge is 2.20. The van der Waals surface area contributed by atoms with Gasteiger partial charge in [-0.1, -0.05) is 0 Å². The smallest absolute Gasteiger partial charge is 0.137 e. The van der Waals surface area contributed by atoms with E-state index in [0.29, 0.717) is 10.5 Å². The Morgan fingerprint density at radius 3 is 3.00 bits per heavy atom. The predicted octanol–water partition coefficient (Wildman–Crippen LogP) is 3.03. The molecule has 3 rings (SSSR count). The van der Waals surface area contributed by atoms with Crippen LogP contribution in [0.4, 0.5) is 4.39 Å². The predicted molar refractivity (Wildman–Crippen MR) is 71.1 cm³/mol. The fourth-order valence-electron chi connectivity index (χ4n) is 1.78. The molecule has 1 aromatic heterocycles. The van der Waals surface area contributed by atoms with Gasteiger partial charge >= 0.3 is 0 Å². The summed E-state index contributed by atoms with van der Waals surface area (Å²) in [6, 6.07) is 5.60. The first-order chi connectivity index (χ1) is 8.72. The van der Waals surface area contributed by atoms with Crippen LogP contribution < -0.4 is 5.32 Å². The Kier molecular flexibility index (Phi) is 3.18. The molecule has 0 amide bonds. The third-order valence-electron chi connectivity index (χ3n) is 2.99. The molecular weight excluding hydrogens is 297 g/mol. The third-order valence-corrected chi connectivity index (χ3v) is 3.59. The van der Waals surface area contributed by atoms with E-state index in [2.05, 4.69) is 26.2 Å². The molecule has 1 fully saturated rings. The van der Waals surface area contributed by atoms with Gasteiger partial charge in [0.05, 0.1) is 16.5 Å². The zero-order valence-corrected chi connectivity index (χ0v) is 11.3. The lowest BCUT2D eigenvalue weighted by molar-refractivity contribution is 0.620. The van der Waals surface area contributed by atoms with Gasteiger partial charge in [-0.15, -0.1) is 0 Å². The highest BCUT2D eigenvalue weighted by molar-refractivity contribution is 9.10. The lowest BCUT2D eigenvalue weighted by Crippen LogP contribution is -2.15. The Hall–Kier alpha value is -1.20. The standard InChI is InChI=1S/C13H13BrFN3/c14-12-5-11(3-4-13(12)15)18-7-10(17-8-18)6-16-9-1-2-9/h3-5,7-9,16H,1-2,6H2. The minimum absolute atomic E-state index is 0.255. The van der Waals surface area contributed by atoms with Crippen molar-refractivity contribution >= 4 is 15.9 Å². The molecule has 1 heterocycles. The second-order valence-electron chi connectivity index (χ2n) is 4.53. The first-order valence-corrected chi connectivity index (χ1v) is 6.73. The number of hydrogen-bond donors (Lipinski definition) is 1. The summed E-state index contributed by atoms with van der Waals surface area (Å²) >= 11 is 3.19. The summed E-state index contributed by atoms with van der Waals surface area (Å²) in [7, 11) is 0. The average molecular weight is 310 g/mol. The van der Waals surface area contributed by atoms with Gasteiger partial charge in [0.2, 0.25) is 0 Å². The van der Waals surface area contributed by atoms with E-state index in [1.807, 2.05) is 10.8 Å². The van der Waals surface area contributed by atoms with E-state index in [-0.39, 0.29) is 5.82 Å². The Labute approximate surface area is 113 Å². The van der Waals surface area contributed by atoms with Crippen molar-refractivity contribution in [3.8, 4) is 5.69 Å². The van der Waals surface area contributed by atoms with E-state index in [0.717, 1.165) is 17.9 Å². The van der Waals surface area contributed by atoms with E-state index in [9.17, 15) is 4.39 Å². The number of nitrogens with one attached hydrogen (secondary N) is 1. The van der Waals surface area contributed by atoms with Crippen molar-refractivity contribution in [3.05, 3.63) is 46.7 Å². The molecule has 0 atom stereocenters. The fraction of sp³-hybridized carbons (Fsp3) is 0.308. The summed E-state index contributed by atoms with van der Waals surface area (Å²) in [5.41, 5.74) is 1.90. The number of imidazole rings is 1. The van der Waals surface area contributed by atoms with Crippen LogP contribution in [0.3, 0.4) is 0 Å². The fourth-order valence-corrected chi connectivity index (χ4v) is 2.14. The van der Waals surface area contributed by atoms with Gasteiger partial charge in [-0.2, -0.15) is 0 Å². The van der Waals surface area contributed by atoms with Crippen molar-refractivity contribution in [2.75, 3.05) is 0 Å². The van der Waals surface area contributed by atoms with Crippen LogP contribution in [0.25, 0.3) is 5.69 Å². The van der Waals surface area contributed by atoms with Crippen molar-refractivity contribution in [2.24, 2.45) is 0 Å². The van der Waals surface area contributed by atoms with Crippen molar-refractivity contribution in [1.82, 2.24) is 14.9 Å². The molecule has 2 aromatic rings. The monoisotopic (exact) mass is 309 g/mol. The minimum atomic E-state index is -0.255. The summed E-state index contributed by atoms with van der Waals surface area (Å²) in [5.74, 6) is -0.255. The molecule has 0 bridgehead atoms. The van der Waals surface area contributed by atoms with Gasteiger partial charge in [0.1, 0.15) is 5.82 Å². The quantitative estimate of drug-likeness (QED) is 0.941. The largest absolute Gasteiger partial charge is 0.308 e. The second-order valence-corrected chi connectivity index (χ2v) is 5.38. The summed E-state index contributed by atoms with van der Waals surface area (Å²) in [6.45, 7) is 0.792. The summed E-state index contributed by atoms with van der Waals surface area (Å²) in [6.07, 6.45) is 6.26. The first kappa shape index (κ1) is 11.9. The third kappa shape index (κ3) is 2.62. The molecule has 1 saturated carbocycles. The molecule has 3 nitrogen and oxygen atoms in total. The van der Waals surface area contributed by atoms with E-state index in [1.54, 1.807) is 18.5 Å². The van der Waals surface area contributed by atoms with Crippen molar-refractivity contribution in [2.45, 2.75) is 25.4 Å². The van der Waals surface area contributed by atoms with Gasteiger partial charge in [0, 0.05) is 24.5 Å². The molecule has 1 aliphatic rings. The van der Waals surface area contributed by atoms with Gasteiger partial charge in [0.15, 0.2) is 0 Å². The molecule has 0 unspecified atom stereocenters. The Morgan fingerprint density at radius 1 is 1.44 bits per heavy atom. The maximum Gasteiger partial charge on any atom is 0.137 e. The molecule has 0 saturated heterocycles. The number of benzene rings is 1. The Bertz CT molecular complexity index is 563. The maximum atomic E-state index is 13.2. The van der Waals surface area contributed by atoms with Crippen LogP contribution in [0.2, 0.25) is 0 Å². The molecule has 1 aliphatic carbocycles. The van der Waals surface area contributed by atoms with Crippen molar-refractivity contribution in [1.29, 1.82) is 0 Å². The lowest BCUT2D eigenvalue weighted by atomic mass is 10.3. The molecule has 5 heteroatoms. The Morgan fingerprint density at radius 2 is 2.28 bits per heavy atom. The molecule has 0 radical (unpaired) electrons. The van der Waals surface area contributed by atoms with Gasteiger partial charge in [-0.3, -0.25) is 0 Å². The Balaban J connectivity index is 1.76. The van der Waals surface area contributed by atoms with Crippen LogP contribution >= 0.6 is 15.9 Å². The van der Waals surface area contributed by atoms with Crippen LogP contribution in [0.15, 0.2) is 35.2 Å². The van der Waals surface area contributed by atoms with E-state index in [4.69, 9.17) is 0 Å². The highest BCUT2D eigenvalue weighted by Crippen LogP contribution is 2.21. The molecule has 1 N–H and O–H groups in total. The highest BCUT2D eigenvalue weighted by atomic mass is 79.9. The van der Waals surface area contributed by atoms with Gasteiger partial charge < -0.3 is 9.88 Å². The van der Waals surface area contributed by atoms with Crippen LogP contribution in [0.5, 0.6) is 0 Å². The van der Waals surface area contributed by atoms with Gasteiger partial charge in [0.25, 0.3) is 0 Å². The SMILES string of the molecule is Fc1ccc(-n2cnc(CNC3CC3)c2)cc1Br.